The van der Waals surface area contributed by atoms with Crippen molar-refractivity contribution in [3.05, 3.63) is 11.8 Å². The maximum Gasteiger partial charge on any atom is 0.254 e. The minimum absolute atomic E-state index is 0.0479. The van der Waals surface area contributed by atoms with Crippen molar-refractivity contribution in [3.8, 4) is 0 Å². The number of nitrogens with two attached hydrogens (primary N) is 1. The highest BCUT2D eigenvalue weighted by Crippen LogP contribution is 2.30. The number of rotatable bonds is 6. The Morgan fingerprint density at radius 3 is 2.63 bits per heavy atom. The summed E-state index contributed by atoms with van der Waals surface area (Å²) in [6.07, 6.45) is 9.05. The minimum atomic E-state index is -0.698. The molecule has 2 aliphatic rings. The maximum atomic E-state index is 11.8. The molecule has 8 heteroatoms. The number of aliphatic hydroxyl groups is 1. The summed E-state index contributed by atoms with van der Waals surface area (Å²) in [5.41, 5.74) is 5.07. The van der Waals surface area contributed by atoms with Gasteiger partial charge in [0.2, 0.25) is 5.95 Å². The molecule has 1 heterocycles. The summed E-state index contributed by atoms with van der Waals surface area (Å²) in [6.45, 7) is 1.85. The number of hydrogen-bond donors (Lipinski definition) is 4. The molecule has 0 spiro atoms. The van der Waals surface area contributed by atoms with Crippen LogP contribution in [-0.4, -0.2) is 51.9 Å². The number of anilines is 2. The van der Waals surface area contributed by atoms with Crippen molar-refractivity contribution in [1.82, 2.24) is 9.97 Å². The highest BCUT2D eigenvalue weighted by atomic mass is 16.5. The Morgan fingerprint density at radius 2 is 2.00 bits per heavy atom. The lowest BCUT2D eigenvalue weighted by molar-refractivity contribution is 0.0182. The Balaban J connectivity index is 1.70. The zero-order valence-corrected chi connectivity index (χ0v) is 16.2. The summed E-state index contributed by atoms with van der Waals surface area (Å²) in [5, 5.41) is 17.0. The molecule has 0 aliphatic heterocycles. The topological polar surface area (TPSA) is 122 Å². The van der Waals surface area contributed by atoms with Crippen LogP contribution in [0, 0.1) is 0 Å². The second kappa shape index (κ2) is 8.39. The number of ether oxygens (including phenoxy) is 1. The number of primary amides is 1. The number of hydrogen-bond acceptors (Lipinski definition) is 7. The molecule has 1 aromatic heterocycles. The first-order valence-electron chi connectivity index (χ1n) is 9.81. The van der Waals surface area contributed by atoms with Crippen LogP contribution in [0.1, 0.15) is 68.6 Å². The molecule has 0 radical (unpaired) electrons. The third-order valence-corrected chi connectivity index (χ3v) is 5.69. The predicted octanol–water partition coefficient (Wildman–Crippen LogP) is 2.05. The van der Waals surface area contributed by atoms with E-state index in [1.165, 1.54) is 6.20 Å². The van der Waals surface area contributed by atoms with E-state index in [-0.39, 0.29) is 11.6 Å². The molecule has 2 aliphatic carbocycles. The van der Waals surface area contributed by atoms with E-state index in [0.717, 1.165) is 44.9 Å². The number of carbonyl (C=O) groups is 1. The molecule has 2 saturated carbocycles. The molecule has 0 aromatic carbocycles. The molecule has 150 valence electrons. The molecule has 3 rings (SSSR count). The number of aromatic nitrogens is 2. The van der Waals surface area contributed by atoms with Gasteiger partial charge in [-0.15, -0.1) is 0 Å². The standard InChI is InChI=1S/C19H31N5O3/c1-19(26)9-3-4-13(10-19)22-17-15(16(20)25)11-21-18(24-17)23-12-5-7-14(27-2)8-6-12/h11-14,26H,3-10H2,1-2H3,(H2,20,25)(H2,21,22,23,24)/t12-,13-,14-,19?/m1/s1. The van der Waals surface area contributed by atoms with Gasteiger partial charge in [0.25, 0.3) is 5.91 Å². The summed E-state index contributed by atoms with van der Waals surface area (Å²) in [4.78, 5) is 20.6. The van der Waals surface area contributed by atoms with Crippen molar-refractivity contribution in [2.24, 2.45) is 5.73 Å². The molecule has 1 unspecified atom stereocenters. The quantitative estimate of drug-likeness (QED) is 0.598. The van der Waals surface area contributed by atoms with Crippen LogP contribution < -0.4 is 16.4 Å². The molecule has 2 fully saturated rings. The van der Waals surface area contributed by atoms with Gasteiger partial charge in [-0.25, -0.2) is 4.98 Å². The van der Waals surface area contributed by atoms with Crippen molar-refractivity contribution in [2.75, 3.05) is 17.7 Å². The number of nitrogens with one attached hydrogen (secondary N) is 2. The predicted molar refractivity (Wildman–Crippen MR) is 104 cm³/mol. The fourth-order valence-corrected chi connectivity index (χ4v) is 4.15. The van der Waals surface area contributed by atoms with E-state index in [1.807, 2.05) is 6.92 Å². The van der Waals surface area contributed by atoms with Gasteiger partial charge in [-0.2, -0.15) is 4.98 Å². The Labute approximate surface area is 160 Å². The van der Waals surface area contributed by atoms with Gasteiger partial charge < -0.3 is 26.2 Å². The van der Waals surface area contributed by atoms with Crippen LogP contribution in [0.25, 0.3) is 0 Å². The minimum Gasteiger partial charge on any atom is -0.390 e. The van der Waals surface area contributed by atoms with Crippen LogP contribution >= 0.6 is 0 Å². The van der Waals surface area contributed by atoms with E-state index in [9.17, 15) is 9.90 Å². The van der Waals surface area contributed by atoms with E-state index in [1.54, 1.807) is 7.11 Å². The van der Waals surface area contributed by atoms with Crippen molar-refractivity contribution in [3.63, 3.8) is 0 Å². The molecule has 1 amide bonds. The van der Waals surface area contributed by atoms with Crippen molar-refractivity contribution in [2.45, 2.75) is 82.1 Å². The first-order chi connectivity index (χ1) is 12.9. The molecule has 5 N–H and O–H groups in total. The van der Waals surface area contributed by atoms with Crippen molar-refractivity contribution >= 4 is 17.7 Å². The summed E-state index contributed by atoms with van der Waals surface area (Å²) in [5.74, 6) is 0.367. The number of nitrogens with zero attached hydrogens (tertiary/aromatic N) is 2. The number of carbonyl (C=O) groups excluding carboxylic acids is 1. The molecule has 0 saturated heterocycles. The summed E-state index contributed by atoms with van der Waals surface area (Å²) < 4.78 is 5.41. The zero-order chi connectivity index (χ0) is 19.4. The summed E-state index contributed by atoms with van der Waals surface area (Å²) in [7, 11) is 1.75. The summed E-state index contributed by atoms with van der Waals surface area (Å²) in [6, 6.07) is 0.339. The fraction of sp³-hybridized carbons (Fsp3) is 0.737. The molecule has 8 nitrogen and oxygen atoms in total. The van der Waals surface area contributed by atoms with E-state index in [2.05, 4.69) is 20.6 Å². The molecule has 0 bridgehead atoms. The van der Waals surface area contributed by atoms with E-state index < -0.39 is 11.5 Å². The Hall–Kier alpha value is -1.93. The normalized spacial score (nSPS) is 31.3. The van der Waals surface area contributed by atoms with Crippen molar-refractivity contribution in [1.29, 1.82) is 0 Å². The van der Waals surface area contributed by atoms with Crippen molar-refractivity contribution < 1.29 is 14.6 Å². The average molecular weight is 377 g/mol. The second-order valence-corrected chi connectivity index (χ2v) is 8.11. The Bertz CT molecular complexity index is 659. The molecule has 2 atom stereocenters. The average Bonchev–Trinajstić information content (AvgIpc) is 2.61. The van der Waals surface area contributed by atoms with Gasteiger partial charge in [0.1, 0.15) is 5.82 Å². The smallest absolute Gasteiger partial charge is 0.254 e. The lowest BCUT2D eigenvalue weighted by Crippen LogP contribution is -2.38. The molecule has 27 heavy (non-hydrogen) atoms. The van der Waals surface area contributed by atoms with Gasteiger partial charge in [-0.3, -0.25) is 4.79 Å². The van der Waals surface area contributed by atoms with Gasteiger partial charge in [0.15, 0.2) is 0 Å². The SMILES string of the molecule is CO[C@H]1CC[C@H](Nc2ncc(C(N)=O)c(N[C@@H]3CCCC(C)(O)C3)n2)CC1. The van der Waals surface area contributed by atoms with Crippen LogP contribution in [0.15, 0.2) is 6.20 Å². The van der Waals surface area contributed by atoms with Gasteiger partial charge in [0.05, 0.1) is 17.3 Å². The van der Waals surface area contributed by atoms with Crippen LogP contribution in [-0.2, 0) is 4.74 Å². The molecule has 1 aromatic rings. The lowest BCUT2D eigenvalue weighted by atomic mass is 9.83. The number of methoxy groups -OCH3 is 1. The van der Waals surface area contributed by atoms with Crippen LogP contribution in [0.3, 0.4) is 0 Å². The van der Waals surface area contributed by atoms with Gasteiger partial charge in [-0.1, -0.05) is 0 Å². The van der Waals surface area contributed by atoms with Gasteiger partial charge in [0, 0.05) is 25.4 Å². The Kier molecular flexibility index (Phi) is 6.16. The van der Waals surface area contributed by atoms with Crippen LogP contribution in [0.4, 0.5) is 11.8 Å². The monoisotopic (exact) mass is 377 g/mol. The van der Waals surface area contributed by atoms with Gasteiger partial charge >= 0.3 is 0 Å². The van der Waals surface area contributed by atoms with E-state index in [0.29, 0.717) is 30.3 Å². The van der Waals surface area contributed by atoms with E-state index in [4.69, 9.17) is 10.5 Å². The first kappa shape index (κ1) is 19.8. The lowest BCUT2D eigenvalue weighted by Gasteiger charge is -2.34. The highest BCUT2D eigenvalue weighted by molar-refractivity contribution is 5.97. The van der Waals surface area contributed by atoms with E-state index >= 15 is 0 Å². The second-order valence-electron chi connectivity index (χ2n) is 8.11. The maximum absolute atomic E-state index is 11.8. The number of amides is 1. The molecular weight excluding hydrogens is 346 g/mol. The third-order valence-electron chi connectivity index (χ3n) is 5.69. The Morgan fingerprint density at radius 1 is 1.26 bits per heavy atom. The highest BCUT2D eigenvalue weighted by Gasteiger charge is 2.31. The molecular formula is C19H31N5O3. The van der Waals surface area contributed by atoms with Crippen LogP contribution in [0.5, 0.6) is 0 Å². The fourth-order valence-electron chi connectivity index (χ4n) is 4.15. The summed E-state index contributed by atoms with van der Waals surface area (Å²) >= 11 is 0. The zero-order valence-electron chi connectivity index (χ0n) is 16.2. The largest absolute Gasteiger partial charge is 0.390 e. The first-order valence-corrected chi connectivity index (χ1v) is 9.81. The third kappa shape index (κ3) is 5.29. The van der Waals surface area contributed by atoms with Gasteiger partial charge in [-0.05, 0) is 58.3 Å². The van der Waals surface area contributed by atoms with Crippen LogP contribution in [0.2, 0.25) is 0 Å².